The lowest BCUT2D eigenvalue weighted by Gasteiger charge is -2.39. The molecular weight excluding hydrogens is 258 g/mol. The van der Waals surface area contributed by atoms with E-state index in [-0.39, 0.29) is 17.5 Å². The van der Waals surface area contributed by atoms with Gasteiger partial charge in [-0.2, -0.15) is 0 Å². The van der Waals surface area contributed by atoms with Crippen molar-refractivity contribution in [2.45, 2.75) is 44.6 Å². The molecule has 1 aromatic rings. The Morgan fingerprint density at radius 1 is 1.60 bits per heavy atom. The number of rotatable bonds is 4. The number of nitrogens with zero attached hydrogens (tertiary/aromatic N) is 1. The number of furan rings is 1. The van der Waals surface area contributed by atoms with Crippen LogP contribution in [0.4, 0.5) is 0 Å². The predicted octanol–water partition coefficient (Wildman–Crippen LogP) is 2.09. The first-order valence-electron chi connectivity index (χ1n) is 6.95. The second kappa shape index (κ2) is 5.98. The zero-order valence-corrected chi connectivity index (χ0v) is 11.6. The Balaban J connectivity index is 2.15. The van der Waals surface area contributed by atoms with Gasteiger partial charge in [-0.15, -0.1) is 0 Å². The summed E-state index contributed by atoms with van der Waals surface area (Å²) in [4.78, 5) is 12.2. The van der Waals surface area contributed by atoms with Crippen molar-refractivity contribution < 1.29 is 14.4 Å². The van der Waals surface area contributed by atoms with Crippen LogP contribution in [0.1, 0.15) is 49.6 Å². The Bertz CT molecular complexity index is 474. The van der Waals surface area contributed by atoms with E-state index >= 15 is 0 Å². The molecular formula is C14H21N3O3. The molecule has 20 heavy (non-hydrogen) atoms. The van der Waals surface area contributed by atoms with Crippen LogP contribution in [0.3, 0.4) is 0 Å². The van der Waals surface area contributed by atoms with Crippen molar-refractivity contribution >= 4 is 11.7 Å². The van der Waals surface area contributed by atoms with Crippen molar-refractivity contribution in [3.8, 4) is 0 Å². The normalized spacial score (nSPS) is 27.2. The van der Waals surface area contributed by atoms with Crippen LogP contribution in [-0.4, -0.2) is 22.5 Å². The van der Waals surface area contributed by atoms with Crippen molar-refractivity contribution in [1.82, 2.24) is 5.32 Å². The first-order valence-corrected chi connectivity index (χ1v) is 6.95. The third-order valence-electron chi connectivity index (χ3n) is 4.23. The average molecular weight is 279 g/mol. The number of oxime groups is 1. The smallest absolute Gasteiger partial charge is 0.287 e. The van der Waals surface area contributed by atoms with Crippen LogP contribution >= 0.6 is 0 Å². The van der Waals surface area contributed by atoms with Gasteiger partial charge < -0.3 is 20.7 Å². The highest BCUT2D eigenvalue weighted by Gasteiger charge is 2.40. The Hall–Kier alpha value is -1.98. The first-order chi connectivity index (χ1) is 9.61. The van der Waals surface area contributed by atoms with Gasteiger partial charge >= 0.3 is 0 Å². The van der Waals surface area contributed by atoms with Gasteiger partial charge in [0.15, 0.2) is 11.6 Å². The zero-order chi connectivity index (χ0) is 14.6. The van der Waals surface area contributed by atoms with Crippen molar-refractivity contribution in [1.29, 1.82) is 0 Å². The van der Waals surface area contributed by atoms with Crippen LogP contribution in [0.5, 0.6) is 0 Å². The van der Waals surface area contributed by atoms with Gasteiger partial charge in [-0.3, -0.25) is 4.79 Å². The molecule has 0 aromatic carbocycles. The van der Waals surface area contributed by atoms with E-state index in [4.69, 9.17) is 15.4 Å². The van der Waals surface area contributed by atoms with E-state index in [9.17, 15) is 4.79 Å². The Morgan fingerprint density at radius 2 is 2.30 bits per heavy atom. The Kier molecular flexibility index (Phi) is 4.32. The number of carbonyl (C=O) groups excluding carboxylic acids is 1. The molecule has 0 aliphatic heterocycles. The van der Waals surface area contributed by atoms with E-state index in [1.54, 1.807) is 12.1 Å². The summed E-state index contributed by atoms with van der Waals surface area (Å²) < 4.78 is 5.08. The van der Waals surface area contributed by atoms with E-state index in [1.165, 1.54) is 6.26 Å². The molecule has 1 aliphatic carbocycles. The van der Waals surface area contributed by atoms with E-state index in [1.807, 2.05) is 0 Å². The lowest BCUT2D eigenvalue weighted by atomic mass is 9.75. The van der Waals surface area contributed by atoms with Crippen LogP contribution in [0.2, 0.25) is 0 Å². The molecule has 110 valence electrons. The van der Waals surface area contributed by atoms with Crippen LogP contribution in [0.15, 0.2) is 28.0 Å². The molecule has 0 spiro atoms. The maximum absolute atomic E-state index is 12.2. The summed E-state index contributed by atoms with van der Waals surface area (Å²) in [5, 5.41) is 15.0. The van der Waals surface area contributed by atoms with Gasteiger partial charge in [0.05, 0.1) is 6.26 Å². The van der Waals surface area contributed by atoms with Gasteiger partial charge in [0, 0.05) is 0 Å². The fourth-order valence-corrected chi connectivity index (χ4v) is 2.81. The molecule has 0 radical (unpaired) electrons. The maximum Gasteiger partial charge on any atom is 0.287 e. The SMILES string of the molecule is CCC1CCC(NC(=O)c2ccco2)(/C(N)=N/O)CC1. The van der Waals surface area contributed by atoms with Crippen molar-refractivity contribution in [3.63, 3.8) is 0 Å². The summed E-state index contributed by atoms with van der Waals surface area (Å²) in [5.41, 5.74) is 5.05. The number of nitrogens with two attached hydrogens (primary N) is 1. The standard InChI is InChI=1S/C14H21N3O3/c1-2-10-5-7-14(8-6-10,13(15)17-19)16-12(18)11-4-3-9-20-11/h3-4,9-10,19H,2,5-8H2,1H3,(H2,15,17)(H,16,18). The van der Waals surface area contributed by atoms with Crippen molar-refractivity contribution in [2.24, 2.45) is 16.8 Å². The molecule has 0 saturated heterocycles. The highest BCUT2D eigenvalue weighted by atomic mass is 16.4. The third kappa shape index (κ3) is 2.79. The monoisotopic (exact) mass is 279 g/mol. The first kappa shape index (κ1) is 14.4. The number of nitrogens with one attached hydrogen (secondary N) is 1. The molecule has 0 unspecified atom stereocenters. The topological polar surface area (TPSA) is 101 Å². The molecule has 1 saturated carbocycles. The number of amidine groups is 1. The predicted molar refractivity (Wildman–Crippen MR) is 74.6 cm³/mol. The molecule has 6 heteroatoms. The summed E-state index contributed by atoms with van der Waals surface area (Å²) >= 11 is 0. The minimum atomic E-state index is -0.774. The fraction of sp³-hybridized carbons (Fsp3) is 0.571. The molecule has 0 bridgehead atoms. The van der Waals surface area contributed by atoms with E-state index < -0.39 is 5.54 Å². The van der Waals surface area contributed by atoms with E-state index in [0.717, 1.165) is 19.3 Å². The Morgan fingerprint density at radius 3 is 2.80 bits per heavy atom. The maximum atomic E-state index is 12.2. The van der Waals surface area contributed by atoms with Gasteiger partial charge in [-0.1, -0.05) is 18.5 Å². The number of hydrogen-bond acceptors (Lipinski definition) is 4. The lowest BCUT2D eigenvalue weighted by molar-refractivity contribution is 0.0866. The van der Waals surface area contributed by atoms with Gasteiger partial charge in [0.1, 0.15) is 5.54 Å². The Labute approximate surface area is 118 Å². The summed E-state index contributed by atoms with van der Waals surface area (Å²) in [5.74, 6) is 0.589. The van der Waals surface area contributed by atoms with Crippen molar-refractivity contribution in [3.05, 3.63) is 24.2 Å². The van der Waals surface area contributed by atoms with Crippen LogP contribution in [-0.2, 0) is 0 Å². The second-order valence-electron chi connectivity index (χ2n) is 5.35. The zero-order valence-electron chi connectivity index (χ0n) is 11.6. The quantitative estimate of drug-likeness (QED) is 0.340. The van der Waals surface area contributed by atoms with Crippen LogP contribution < -0.4 is 11.1 Å². The van der Waals surface area contributed by atoms with Gasteiger partial charge in [0.25, 0.3) is 5.91 Å². The molecule has 1 fully saturated rings. The average Bonchev–Trinajstić information content (AvgIpc) is 3.01. The number of hydrogen-bond donors (Lipinski definition) is 3. The minimum Gasteiger partial charge on any atom is -0.459 e. The molecule has 4 N–H and O–H groups in total. The minimum absolute atomic E-state index is 0.0620. The highest BCUT2D eigenvalue weighted by molar-refractivity contribution is 5.98. The summed E-state index contributed by atoms with van der Waals surface area (Å²) in [6, 6.07) is 3.24. The molecule has 1 amide bonds. The molecule has 1 aliphatic rings. The third-order valence-corrected chi connectivity index (χ3v) is 4.23. The highest BCUT2D eigenvalue weighted by Crippen LogP contribution is 2.34. The van der Waals surface area contributed by atoms with E-state index in [0.29, 0.717) is 18.8 Å². The summed E-state index contributed by atoms with van der Waals surface area (Å²) in [7, 11) is 0. The van der Waals surface area contributed by atoms with Gasteiger partial charge in [-0.05, 0) is 43.7 Å². The fourth-order valence-electron chi connectivity index (χ4n) is 2.81. The molecule has 6 nitrogen and oxygen atoms in total. The molecule has 1 heterocycles. The second-order valence-corrected chi connectivity index (χ2v) is 5.35. The van der Waals surface area contributed by atoms with Crippen molar-refractivity contribution in [2.75, 3.05) is 0 Å². The van der Waals surface area contributed by atoms with Crippen LogP contribution in [0, 0.1) is 5.92 Å². The summed E-state index contributed by atoms with van der Waals surface area (Å²) in [6.07, 6.45) is 5.80. The van der Waals surface area contributed by atoms with Crippen LogP contribution in [0.25, 0.3) is 0 Å². The van der Waals surface area contributed by atoms with E-state index in [2.05, 4.69) is 17.4 Å². The van der Waals surface area contributed by atoms with Gasteiger partial charge in [0.2, 0.25) is 0 Å². The largest absolute Gasteiger partial charge is 0.459 e. The lowest BCUT2D eigenvalue weighted by Crippen LogP contribution is -2.59. The van der Waals surface area contributed by atoms with Gasteiger partial charge in [-0.25, -0.2) is 0 Å². The number of carbonyl (C=O) groups is 1. The molecule has 1 aromatic heterocycles. The molecule has 2 rings (SSSR count). The summed E-state index contributed by atoms with van der Waals surface area (Å²) in [6.45, 7) is 2.16. The molecule has 0 atom stereocenters. The number of amides is 1.